The predicted octanol–water partition coefficient (Wildman–Crippen LogP) is 1.39. The Morgan fingerprint density at radius 3 is 2.46 bits per heavy atom. The molecule has 1 aromatic carbocycles. The molecule has 0 radical (unpaired) electrons. The summed E-state index contributed by atoms with van der Waals surface area (Å²) in [5.41, 5.74) is 1.08. The number of carbonyl (C=O) groups is 1. The van der Waals surface area contributed by atoms with Crippen molar-refractivity contribution in [3.8, 4) is 0 Å². The lowest BCUT2D eigenvalue weighted by Gasteiger charge is -2.38. The van der Waals surface area contributed by atoms with Gasteiger partial charge in [-0.2, -0.15) is 8.42 Å². The monoisotopic (exact) mass is 378 g/mol. The fourth-order valence-corrected chi connectivity index (χ4v) is 4.62. The van der Waals surface area contributed by atoms with Crippen molar-refractivity contribution in [2.24, 2.45) is 0 Å². The van der Waals surface area contributed by atoms with Gasteiger partial charge in [0, 0.05) is 37.8 Å². The van der Waals surface area contributed by atoms with Gasteiger partial charge in [-0.15, -0.1) is 0 Å². The number of hydrogen-bond acceptors (Lipinski definition) is 5. The summed E-state index contributed by atoms with van der Waals surface area (Å²) >= 11 is 0. The van der Waals surface area contributed by atoms with Crippen LogP contribution < -0.4 is 0 Å². The number of nitrogens with zero attached hydrogens (tertiary/aromatic N) is 4. The number of imidazole rings is 1. The fourth-order valence-electron chi connectivity index (χ4n) is 4.05. The number of hydrogen-bond donors (Lipinski definition) is 1. The van der Waals surface area contributed by atoms with Gasteiger partial charge < -0.3 is 4.90 Å². The lowest BCUT2D eigenvalue weighted by Crippen LogP contribution is -2.51. The van der Waals surface area contributed by atoms with Crippen molar-refractivity contribution in [1.29, 1.82) is 0 Å². The van der Waals surface area contributed by atoms with Gasteiger partial charge in [-0.25, -0.2) is 8.96 Å². The molecule has 0 bridgehead atoms. The summed E-state index contributed by atoms with van der Waals surface area (Å²) in [7, 11) is -4.40. The molecule has 1 aliphatic heterocycles. The molecule has 2 aromatic rings. The van der Waals surface area contributed by atoms with E-state index in [0.29, 0.717) is 34.2 Å². The van der Waals surface area contributed by atoms with Crippen molar-refractivity contribution in [3.05, 3.63) is 30.1 Å². The van der Waals surface area contributed by atoms with Crippen LogP contribution in [0.25, 0.3) is 11.0 Å². The van der Waals surface area contributed by atoms with E-state index >= 15 is 0 Å². The molecule has 1 aliphatic carbocycles. The molecule has 2 fully saturated rings. The lowest BCUT2D eigenvalue weighted by atomic mass is 10.1. The number of fused-ring (bicyclic) bond motifs is 1. The largest absolute Gasteiger partial charge is 0.365 e. The Labute approximate surface area is 152 Å². The van der Waals surface area contributed by atoms with E-state index in [1.807, 2.05) is 4.90 Å². The standard InChI is InChI=1S/C17H22N4O4S/c22-17(20-9-7-19(8-10-20)14-3-1-2-4-14)13-5-6-16-15(11-13)18-12-21(16)26(23,24)25/h5-6,11-12,14H,1-4,7-10H2,(H,23,24,25). The first kappa shape index (κ1) is 17.4. The van der Waals surface area contributed by atoms with E-state index in [1.54, 1.807) is 12.1 Å². The summed E-state index contributed by atoms with van der Waals surface area (Å²) in [6.45, 7) is 3.20. The molecule has 1 saturated heterocycles. The van der Waals surface area contributed by atoms with E-state index in [4.69, 9.17) is 0 Å². The van der Waals surface area contributed by atoms with Crippen LogP contribution in [0.4, 0.5) is 0 Å². The molecule has 0 unspecified atom stereocenters. The smallest absolute Gasteiger partial charge is 0.336 e. The van der Waals surface area contributed by atoms with E-state index in [9.17, 15) is 17.8 Å². The first-order chi connectivity index (χ1) is 12.4. The van der Waals surface area contributed by atoms with Crippen LogP contribution >= 0.6 is 0 Å². The van der Waals surface area contributed by atoms with Crippen LogP contribution in [0.5, 0.6) is 0 Å². The predicted molar refractivity (Wildman–Crippen MR) is 96.4 cm³/mol. The van der Waals surface area contributed by atoms with Crippen LogP contribution in [0, 0.1) is 0 Å². The van der Waals surface area contributed by atoms with Crippen LogP contribution in [0.3, 0.4) is 0 Å². The number of rotatable bonds is 3. The Balaban J connectivity index is 1.48. The van der Waals surface area contributed by atoms with Gasteiger partial charge in [0.25, 0.3) is 5.91 Å². The molecule has 1 N–H and O–H groups in total. The zero-order chi connectivity index (χ0) is 18.3. The Bertz CT molecular complexity index is 925. The maximum atomic E-state index is 12.8. The van der Waals surface area contributed by atoms with Crippen molar-refractivity contribution in [2.45, 2.75) is 31.7 Å². The van der Waals surface area contributed by atoms with Crippen molar-refractivity contribution >= 4 is 27.2 Å². The highest BCUT2D eigenvalue weighted by molar-refractivity contribution is 7.84. The average Bonchev–Trinajstić information content (AvgIpc) is 3.30. The van der Waals surface area contributed by atoms with Crippen LogP contribution in [0.1, 0.15) is 36.0 Å². The molecule has 140 valence electrons. The van der Waals surface area contributed by atoms with E-state index < -0.39 is 10.3 Å². The normalized spacial score (nSPS) is 20.1. The van der Waals surface area contributed by atoms with Gasteiger partial charge in [-0.05, 0) is 31.0 Å². The number of carbonyl (C=O) groups excluding carboxylic acids is 1. The van der Waals surface area contributed by atoms with Crippen molar-refractivity contribution in [2.75, 3.05) is 26.2 Å². The molecule has 4 rings (SSSR count). The van der Waals surface area contributed by atoms with Crippen LogP contribution in [0.2, 0.25) is 0 Å². The highest BCUT2D eigenvalue weighted by Gasteiger charge is 2.28. The first-order valence-electron chi connectivity index (χ1n) is 8.92. The summed E-state index contributed by atoms with van der Waals surface area (Å²) in [5.74, 6) is -0.0700. The number of piperazine rings is 1. The Morgan fingerprint density at radius 1 is 1.12 bits per heavy atom. The molecule has 8 nitrogen and oxygen atoms in total. The Hall–Kier alpha value is -1.97. The highest BCUT2D eigenvalue weighted by Crippen LogP contribution is 2.25. The van der Waals surface area contributed by atoms with E-state index in [1.165, 1.54) is 31.7 Å². The summed E-state index contributed by atoms with van der Waals surface area (Å²) in [5, 5.41) is 0. The van der Waals surface area contributed by atoms with Gasteiger partial charge in [0.05, 0.1) is 11.0 Å². The number of aromatic nitrogens is 2. The second-order valence-electron chi connectivity index (χ2n) is 6.99. The third kappa shape index (κ3) is 3.22. The average molecular weight is 378 g/mol. The second-order valence-corrected chi connectivity index (χ2v) is 8.28. The summed E-state index contributed by atoms with van der Waals surface area (Å²) in [6.07, 6.45) is 6.18. The van der Waals surface area contributed by atoms with Crippen LogP contribution in [-0.2, 0) is 10.3 Å². The van der Waals surface area contributed by atoms with Crippen molar-refractivity contribution in [1.82, 2.24) is 18.8 Å². The minimum absolute atomic E-state index is 0.0700. The molecular formula is C17H22N4O4S. The minimum atomic E-state index is -4.40. The SMILES string of the molecule is O=C(c1ccc2c(c1)ncn2S(=O)(=O)O)N1CCN(C2CCCC2)CC1. The maximum absolute atomic E-state index is 12.8. The summed E-state index contributed by atoms with van der Waals surface area (Å²) < 4.78 is 32.5. The van der Waals surface area contributed by atoms with Crippen molar-refractivity contribution < 1.29 is 17.8 Å². The number of benzene rings is 1. The van der Waals surface area contributed by atoms with E-state index in [0.717, 1.165) is 19.4 Å². The van der Waals surface area contributed by atoms with Gasteiger partial charge in [-0.3, -0.25) is 14.2 Å². The summed E-state index contributed by atoms with van der Waals surface area (Å²) in [4.78, 5) is 21.1. The van der Waals surface area contributed by atoms with Gasteiger partial charge in [0.1, 0.15) is 6.33 Å². The lowest BCUT2D eigenvalue weighted by molar-refractivity contribution is 0.0573. The molecule has 1 saturated carbocycles. The Kier molecular flexibility index (Phi) is 4.45. The van der Waals surface area contributed by atoms with Gasteiger partial charge in [0.15, 0.2) is 0 Å². The van der Waals surface area contributed by atoms with Crippen LogP contribution in [-0.4, -0.2) is 69.9 Å². The van der Waals surface area contributed by atoms with Gasteiger partial charge in [0.2, 0.25) is 0 Å². The molecule has 9 heteroatoms. The van der Waals surface area contributed by atoms with Crippen molar-refractivity contribution in [3.63, 3.8) is 0 Å². The number of amides is 1. The molecule has 1 aromatic heterocycles. The summed E-state index contributed by atoms with van der Waals surface area (Å²) in [6, 6.07) is 5.33. The molecule has 1 amide bonds. The van der Waals surface area contributed by atoms with E-state index in [2.05, 4.69) is 9.88 Å². The fraction of sp³-hybridized carbons (Fsp3) is 0.529. The second kappa shape index (κ2) is 6.64. The molecule has 0 spiro atoms. The third-order valence-corrected chi connectivity index (χ3v) is 6.24. The maximum Gasteiger partial charge on any atom is 0.365 e. The first-order valence-corrected chi connectivity index (χ1v) is 10.3. The minimum Gasteiger partial charge on any atom is -0.336 e. The third-order valence-electron chi connectivity index (χ3n) is 5.45. The van der Waals surface area contributed by atoms with Crippen LogP contribution in [0.15, 0.2) is 24.5 Å². The molecular weight excluding hydrogens is 356 g/mol. The molecule has 2 aliphatic rings. The van der Waals surface area contributed by atoms with Gasteiger partial charge in [-0.1, -0.05) is 12.8 Å². The zero-order valence-corrected chi connectivity index (χ0v) is 15.2. The van der Waals surface area contributed by atoms with E-state index in [-0.39, 0.29) is 11.4 Å². The zero-order valence-electron chi connectivity index (χ0n) is 14.4. The van der Waals surface area contributed by atoms with Gasteiger partial charge >= 0.3 is 10.3 Å². The molecule has 0 atom stereocenters. The topological polar surface area (TPSA) is 95.7 Å². The molecule has 26 heavy (non-hydrogen) atoms. The quantitative estimate of drug-likeness (QED) is 0.811. The Morgan fingerprint density at radius 2 is 1.81 bits per heavy atom. The highest BCUT2D eigenvalue weighted by atomic mass is 32.2. The molecule has 2 heterocycles.